The van der Waals surface area contributed by atoms with Crippen LogP contribution in [0, 0.1) is 18.3 Å². The highest BCUT2D eigenvalue weighted by Gasteiger charge is 2.20. The van der Waals surface area contributed by atoms with Gasteiger partial charge in [0.05, 0.1) is 21.7 Å². The largest absolute Gasteiger partial charge is 0.508 e. The average Bonchev–Trinajstić information content (AvgIpc) is 3.16. The van der Waals surface area contributed by atoms with Gasteiger partial charge >= 0.3 is 0 Å². The number of aryl methyl sites for hydroxylation is 1. The van der Waals surface area contributed by atoms with Crippen LogP contribution in [0.2, 0.25) is 0 Å². The molecular weight excluding hydrogens is 316 g/mol. The van der Waals surface area contributed by atoms with Gasteiger partial charge in [0.2, 0.25) is 0 Å². The molecule has 116 valence electrons. The molecular formula is C20H14N2OS. The molecule has 0 atom stereocenters. The van der Waals surface area contributed by atoms with Crippen LogP contribution in [-0.2, 0) is 0 Å². The van der Waals surface area contributed by atoms with Crippen LogP contribution in [0.25, 0.3) is 27.2 Å². The Kier molecular flexibility index (Phi) is 3.37. The third kappa shape index (κ3) is 2.18. The molecule has 4 heteroatoms. The van der Waals surface area contributed by atoms with Crippen LogP contribution in [0.1, 0.15) is 11.1 Å². The Bertz CT molecular complexity index is 1080. The van der Waals surface area contributed by atoms with E-state index in [0.717, 1.165) is 27.2 Å². The van der Waals surface area contributed by atoms with Crippen molar-refractivity contribution in [1.29, 1.82) is 5.26 Å². The quantitative estimate of drug-likeness (QED) is 0.546. The topological polar surface area (TPSA) is 49.0 Å². The lowest BCUT2D eigenvalue weighted by molar-refractivity contribution is 0.475. The highest BCUT2D eigenvalue weighted by Crippen LogP contribution is 2.38. The van der Waals surface area contributed by atoms with Crippen molar-refractivity contribution in [3.8, 4) is 28.1 Å². The number of phenols is 1. The Hall–Kier alpha value is -3.03. The van der Waals surface area contributed by atoms with Crippen LogP contribution < -0.4 is 0 Å². The first-order valence-electron chi connectivity index (χ1n) is 7.57. The number of para-hydroxylation sites is 1. The number of benzene rings is 2. The predicted octanol–water partition coefficient (Wildman–Crippen LogP) is 5.24. The number of thiophene rings is 1. The van der Waals surface area contributed by atoms with Crippen molar-refractivity contribution in [2.45, 2.75) is 6.92 Å². The fourth-order valence-corrected chi connectivity index (χ4v) is 3.95. The number of phenolic OH excluding ortho intramolecular Hbond substituents is 1. The number of hydrogen-bond donors (Lipinski definition) is 1. The van der Waals surface area contributed by atoms with Gasteiger partial charge in [0.15, 0.2) is 0 Å². The smallest absolute Gasteiger partial charge is 0.115 e. The lowest BCUT2D eigenvalue weighted by Crippen LogP contribution is -1.96. The van der Waals surface area contributed by atoms with E-state index >= 15 is 0 Å². The SMILES string of the molecule is Cc1csc(-c2c(C#N)c3ccccc3n2-c2ccc(O)cc2)c1. The minimum absolute atomic E-state index is 0.226. The van der Waals surface area contributed by atoms with Crippen molar-refractivity contribution in [1.82, 2.24) is 4.57 Å². The molecule has 0 unspecified atom stereocenters. The normalized spacial score (nSPS) is 10.8. The first kappa shape index (κ1) is 14.6. The summed E-state index contributed by atoms with van der Waals surface area (Å²) in [5.74, 6) is 0.226. The molecule has 0 spiro atoms. The van der Waals surface area contributed by atoms with E-state index in [2.05, 4.69) is 29.0 Å². The fourth-order valence-electron chi connectivity index (χ4n) is 3.01. The second-order valence-electron chi connectivity index (χ2n) is 5.69. The monoisotopic (exact) mass is 330 g/mol. The minimum Gasteiger partial charge on any atom is -0.508 e. The van der Waals surface area contributed by atoms with Gasteiger partial charge in [-0.25, -0.2) is 0 Å². The van der Waals surface area contributed by atoms with Gasteiger partial charge in [0.25, 0.3) is 0 Å². The average molecular weight is 330 g/mol. The minimum atomic E-state index is 0.226. The Labute approximate surface area is 143 Å². The maximum absolute atomic E-state index is 9.79. The van der Waals surface area contributed by atoms with Crippen molar-refractivity contribution >= 4 is 22.2 Å². The number of rotatable bonds is 2. The van der Waals surface area contributed by atoms with E-state index < -0.39 is 0 Å². The van der Waals surface area contributed by atoms with Crippen molar-refractivity contribution in [3.63, 3.8) is 0 Å². The maximum atomic E-state index is 9.79. The lowest BCUT2D eigenvalue weighted by atomic mass is 10.1. The summed E-state index contributed by atoms with van der Waals surface area (Å²) in [6.07, 6.45) is 0. The standard InChI is InChI=1S/C20H14N2OS/c1-13-10-19(24-12-13)20-17(11-21)16-4-2-3-5-18(16)22(20)14-6-8-15(23)9-7-14/h2-10,12,23H,1H3. The molecule has 4 rings (SSSR count). The Morgan fingerprint density at radius 1 is 1.08 bits per heavy atom. The zero-order valence-corrected chi connectivity index (χ0v) is 13.8. The van der Waals surface area contributed by atoms with Crippen molar-refractivity contribution < 1.29 is 5.11 Å². The van der Waals surface area contributed by atoms with Gasteiger partial charge in [-0.15, -0.1) is 11.3 Å². The molecule has 2 aromatic carbocycles. The summed E-state index contributed by atoms with van der Waals surface area (Å²) >= 11 is 1.64. The molecule has 0 fully saturated rings. The molecule has 0 aliphatic heterocycles. The third-order valence-corrected chi connectivity index (χ3v) is 5.11. The summed E-state index contributed by atoms with van der Waals surface area (Å²) < 4.78 is 2.10. The summed E-state index contributed by atoms with van der Waals surface area (Å²) in [4.78, 5) is 1.06. The zero-order valence-electron chi connectivity index (χ0n) is 13.0. The molecule has 0 bridgehead atoms. The number of hydrogen-bond acceptors (Lipinski definition) is 3. The van der Waals surface area contributed by atoms with Crippen LogP contribution in [0.3, 0.4) is 0 Å². The first-order chi connectivity index (χ1) is 11.7. The van der Waals surface area contributed by atoms with Gasteiger partial charge in [-0.05, 0) is 54.3 Å². The number of aromatic nitrogens is 1. The van der Waals surface area contributed by atoms with Gasteiger partial charge in [-0.3, -0.25) is 0 Å². The highest BCUT2D eigenvalue weighted by molar-refractivity contribution is 7.13. The molecule has 3 nitrogen and oxygen atoms in total. The zero-order chi connectivity index (χ0) is 16.7. The Morgan fingerprint density at radius 3 is 2.50 bits per heavy atom. The molecule has 0 aliphatic carbocycles. The summed E-state index contributed by atoms with van der Waals surface area (Å²) in [5, 5.41) is 22.4. The molecule has 2 aromatic heterocycles. The molecule has 0 aliphatic rings. The van der Waals surface area contributed by atoms with Gasteiger partial charge in [-0.2, -0.15) is 5.26 Å². The molecule has 0 amide bonds. The van der Waals surface area contributed by atoms with Crippen LogP contribution in [0.4, 0.5) is 0 Å². The maximum Gasteiger partial charge on any atom is 0.115 e. The summed E-state index contributed by atoms with van der Waals surface area (Å²) in [6.45, 7) is 2.06. The molecule has 0 saturated heterocycles. The van der Waals surface area contributed by atoms with E-state index in [9.17, 15) is 10.4 Å². The number of nitrogens with zero attached hydrogens (tertiary/aromatic N) is 2. The van der Waals surface area contributed by atoms with E-state index in [1.54, 1.807) is 23.5 Å². The van der Waals surface area contributed by atoms with Crippen molar-refractivity contribution in [3.05, 3.63) is 71.1 Å². The lowest BCUT2D eigenvalue weighted by Gasteiger charge is -2.10. The van der Waals surface area contributed by atoms with Gasteiger partial charge in [0.1, 0.15) is 11.8 Å². The van der Waals surface area contributed by atoms with Crippen molar-refractivity contribution in [2.24, 2.45) is 0 Å². The van der Waals surface area contributed by atoms with Gasteiger partial charge in [-0.1, -0.05) is 18.2 Å². The predicted molar refractivity (Wildman–Crippen MR) is 97.7 cm³/mol. The van der Waals surface area contributed by atoms with E-state index in [4.69, 9.17) is 0 Å². The Balaban J connectivity index is 2.14. The molecule has 1 N–H and O–H groups in total. The van der Waals surface area contributed by atoms with Crippen LogP contribution in [0.15, 0.2) is 60.0 Å². The van der Waals surface area contributed by atoms with Crippen LogP contribution in [0.5, 0.6) is 5.75 Å². The van der Waals surface area contributed by atoms with E-state index in [1.165, 1.54) is 5.56 Å². The second kappa shape index (κ2) is 5.55. The van der Waals surface area contributed by atoms with E-state index in [1.807, 2.05) is 36.4 Å². The van der Waals surface area contributed by atoms with Crippen LogP contribution >= 0.6 is 11.3 Å². The number of nitriles is 1. The number of aromatic hydroxyl groups is 1. The fraction of sp³-hybridized carbons (Fsp3) is 0.0500. The Morgan fingerprint density at radius 2 is 1.83 bits per heavy atom. The highest BCUT2D eigenvalue weighted by atomic mass is 32.1. The molecule has 24 heavy (non-hydrogen) atoms. The summed E-state index contributed by atoms with van der Waals surface area (Å²) in [5.41, 5.74) is 4.68. The first-order valence-corrected chi connectivity index (χ1v) is 8.45. The van der Waals surface area contributed by atoms with Crippen LogP contribution in [-0.4, -0.2) is 9.67 Å². The van der Waals surface area contributed by atoms with Gasteiger partial charge in [0, 0.05) is 11.1 Å². The molecule has 2 heterocycles. The molecule has 0 radical (unpaired) electrons. The van der Waals surface area contributed by atoms with Crippen molar-refractivity contribution in [2.75, 3.05) is 0 Å². The van der Waals surface area contributed by atoms with E-state index in [0.29, 0.717) is 5.56 Å². The second-order valence-corrected chi connectivity index (χ2v) is 6.60. The summed E-state index contributed by atoms with van der Waals surface area (Å²) in [6, 6.07) is 19.5. The third-order valence-electron chi connectivity index (χ3n) is 4.06. The number of fused-ring (bicyclic) bond motifs is 1. The van der Waals surface area contributed by atoms with E-state index in [-0.39, 0.29) is 5.75 Å². The summed E-state index contributed by atoms with van der Waals surface area (Å²) in [7, 11) is 0. The molecule has 0 saturated carbocycles. The van der Waals surface area contributed by atoms with Gasteiger partial charge < -0.3 is 9.67 Å². The molecule has 4 aromatic rings.